The standard InChI is InChI=1S/C63H109NO8/c1-6-8-10-12-14-16-18-20-22-23-24-25-26-27-28-29-30-31-32-33-34-35-36-37-38-39-40-42-44-46-48-50-52-54-61(66)72-59(58-71-63(62(67)68)69-56-55-64(3,4)5)57-70-60(65)53-51-49-47-45-43-41-21-19-17-15-13-11-9-7-2/h8,10,14,16,19-22,24-25,27-28,30-31,59,63H,6-7,9,11-13,15,17-18,23,26,29,32-58H2,1-5H3/p+1/b10-8-,16-14-,21-19-,22-20-,25-24-,28-27-,31-30-. The van der Waals surface area contributed by atoms with Gasteiger partial charge in [0.1, 0.15) is 13.2 Å². The van der Waals surface area contributed by atoms with Crippen molar-refractivity contribution in [3.05, 3.63) is 85.1 Å². The van der Waals surface area contributed by atoms with Gasteiger partial charge in [-0.3, -0.25) is 9.59 Å². The molecule has 0 saturated heterocycles. The van der Waals surface area contributed by atoms with Crippen LogP contribution in [0.3, 0.4) is 0 Å². The molecule has 0 aliphatic rings. The number of unbranched alkanes of at least 4 members (excludes halogenated alkanes) is 24. The molecule has 0 aromatic rings. The molecule has 2 atom stereocenters. The van der Waals surface area contributed by atoms with Gasteiger partial charge in [-0.25, -0.2) is 4.79 Å². The number of aliphatic carboxylic acids is 1. The van der Waals surface area contributed by atoms with E-state index in [0.29, 0.717) is 17.4 Å². The van der Waals surface area contributed by atoms with Gasteiger partial charge < -0.3 is 28.5 Å². The number of carbonyl (C=O) groups excluding carboxylic acids is 2. The minimum Gasteiger partial charge on any atom is -0.477 e. The van der Waals surface area contributed by atoms with E-state index >= 15 is 0 Å². The Balaban J connectivity index is 4.15. The van der Waals surface area contributed by atoms with Gasteiger partial charge in [-0.1, -0.05) is 221 Å². The van der Waals surface area contributed by atoms with Crippen LogP contribution in [-0.4, -0.2) is 87.4 Å². The van der Waals surface area contributed by atoms with Crippen LogP contribution in [0, 0.1) is 0 Å². The largest absolute Gasteiger partial charge is 0.477 e. The molecule has 0 aliphatic heterocycles. The average Bonchev–Trinajstić information content (AvgIpc) is 3.35. The summed E-state index contributed by atoms with van der Waals surface area (Å²) in [7, 11) is 5.96. The molecule has 0 radical (unpaired) electrons. The number of carboxylic acid groups (broad SMARTS) is 1. The third-order valence-corrected chi connectivity index (χ3v) is 12.4. The molecule has 2 unspecified atom stereocenters. The van der Waals surface area contributed by atoms with E-state index in [9.17, 15) is 19.5 Å². The summed E-state index contributed by atoms with van der Waals surface area (Å²) >= 11 is 0. The van der Waals surface area contributed by atoms with Crippen LogP contribution in [0.25, 0.3) is 0 Å². The Hall–Kier alpha value is -3.53. The number of esters is 2. The van der Waals surface area contributed by atoms with Gasteiger partial charge in [0.05, 0.1) is 34.4 Å². The van der Waals surface area contributed by atoms with Gasteiger partial charge in [-0.15, -0.1) is 0 Å². The van der Waals surface area contributed by atoms with Crippen molar-refractivity contribution in [1.29, 1.82) is 0 Å². The Morgan fingerprint density at radius 3 is 1.19 bits per heavy atom. The van der Waals surface area contributed by atoms with Crippen molar-refractivity contribution in [2.24, 2.45) is 0 Å². The average molecular weight is 1010 g/mol. The lowest BCUT2D eigenvalue weighted by atomic mass is 10.0. The Bertz CT molecular complexity index is 1450. The second-order valence-electron chi connectivity index (χ2n) is 20.6. The molecular formula is C63H110NO8+. The van der Waals surface area contributed by atoms with Crippen LogP contribution in [0.5, 0.6) is 0 Å². The molecule has 0 aliphatic carbocycles. The molecule has 9 nitrogen and oxygen atoms in total. The number of hydrogen-bond donors (Lipinski definition) is 1. The monoisotopic (exact) mass is 1010 g/mol. The first-order valence-electron chi connectivity index (χ1n) is 29.3. The lowest BCUT2D eigenvalue weighted by molar-refractivity contribution is -0.870. The molecule has 1 N–H and O–H groups in total. The van der Waals surface area contributed by atoms with Gasteiger partial charge >= 0.3 is 17.9 Å². The third-order valence-electron chi connectivity index (χ3n) is 12.4. The lowest BCUT2D eigenvalue weighted by Crippen LogP contribution is -2.40. The molecule has 0 heterocycles. The topological polar surface area (TPSA) is 108 Å². The maximum Gasteiger partial charge on any atom is 0.361 e. The number of allylic oxidation sites excluding steroid dienone is 14. The van der Waals surface area contributed by atoms with Gasteiger partial charge in [-0.05, 0) is 89.9 Å². The first-order valence-corrected chi connectivity index (χ1v) is 29.3. The molecule has 9 heteroatoms. The van der Waals surface area contributed by atoms with Crippen molar-refractivity contribution < 1.29 is 42.9 Å². The van der Waals surface area contributed by atoms with Crippen molar-refractivity contribution in [1.82, 2.24) is 0 Å². The van der Waals surface area contributed by atoms with Gasteiger partial charge in [-0.2, -0.15) is 0 Å². The Labute approximate surface area is 442 Å². The number of likely N-dealkylation sites (N-methyl/N-ethyl adjacent to an activating group) is 1. The van der Waals surface area contributed by atoms with E-state index in [-0.39, 0.29) is 32.2 Å². The van der Waals surface area contributed by atoms with Crippen molar-refractivity contribution in [2.45, 2.75) is 251 Å². The first-order chi connectivity index (χ1) is 35.1. The van der Waals surface area contributed by atoms with E-state index in [0.717, 1.165) is 96.3 Å². The zero-order chi connectivity index (χ0) is 52.7. The summed E-state index contributed by atoms with van der Waals surface area (Å²) in [6.07, 6.45) is 68.1. The van der Waals surface area contributed by atoms with Gasteiger partial charge in [0.15, 0.2) is 6.10 Å². The Morgan fingerprint density at radius 1 is 0.431 bits per heavy atom. The fraction of sp³-hybridized carbons (Fsp3) is 0.730. The number of ether oxygens (including phenoxy) is 4. The Morgan fingerprint density at radius 2 is 0.792 bits per heavy atom. The normalized spacial score (nSPS) is 13.4. The molecule has 72 heavy (non-hydrogen) atoms. The zero-order valence-corrected chi connectivity index (χ0v) is 47.1. The van der Waals surface area contributed by atoms with E-state index < -0.39 is 24.3 Å². The lowest BCUT2D eigenvalue weighted by Gasteiger charge is -2.25. The zero-order valence-electron chi connectivity index (χ0n) is 47.1. The van der Waals surface area contributed by atoms with E-state index in [1.165, 1.54) is 116 Å². The van der Waals surface area contributed by atoms with Crippen LogP contribution in [0.1, 0.15) is 239 Å². The van der Waals surface area contributed by atoms with Crippen LogP contribution in [-0.2, 0) is 33.3 Å². The van der Waals surface area contributed by atoms with Crippen LogP contribution in [0.2, 0.25) is 0 Å². The maximum absolute atomic E-state index is 12.9. The summed E-state index contributed by atoms with van der Waals surface area (Å²) < 4.78 is 22.8. The van der Waals surface area contributed by atoms with Crippen LogP contribution in [0.4, 0.5) is 0 Å². The van der Waals surface area contributed by atoms with E-state index in [1.807, 2.05) is 21.1 Å². The number of quaternary nitrogens is 1. The van der Waals surface area contributed by atoms with Crippen LogP contribution < -0.4 is 0 Å². The number of carbonyl (C=O) groups is 3. The van der Waals surface area contributed by atoms with Crippen molar-refractivity contribution in [2.75, 3.05) is 47.5 Å². The highest BCUT2D eigenvalue weighted by Crippen LogP contribution is 2.16. The van der Waals surface area contributed by atoms with E-state index in [1.54, 1.807) is 0 Å². The molecule has 0 fully saturated rings. The summed E-state index contributed by atoms with van der Waals surface area (Å²) in [5.74, 6) is -2.02. The predicted molar refractivity (Wildman–Crippen MR) is 304 cm³/mol. The van der Waals surface area contributed by atoms with Crippen LogP contribution >= 0.6 is 0 Å². The van der Waals surface area contributed by atoms with Crippen molar-refractivity contribution in [3.8, 4) is 0 Å². The fourth-order valence-electron chi connectivity index (χ4n) is 7.89. The molecule has 0 amide bonds. The third kappa shape index (κ3) is 54.2. The minimum absolute atomic E-state index is 0.184. The van der Waals surface area contributed by atoms with E-state index in [4.69, 9.17) is 18.9 Å². The molecule has 0 saturated carbocycles. The first kappa shape index (κ1) is 68.5. The molecule has 0 aromatic carbocycles. The molecule has 0 aromatic heterocycles. The molecule has 0 rings (SSSR count). The highest BCUT2D eigenvalue weighted by Gasteiger charge is 2.25. The summed E-state index contributed by atoms with van der Waals surface area (Å²) in [4.78, 5) is 37.4. The highest BCUT2D eigenvalue weighted by atomic mass is 16.7. The molecular weight excluding hydrogens is 899 g/mol. The predicted octanol–water partition coefficient (Wildman–Crippen LogP) is 17.2. The number of nitrogens with zero attached hydrogens (tertiary/aromatic N) is 1. The second-order valence-corrected chi connectivity index (χ2v) is 20.6. The minimum atomic E-state index is -1.51. The van der Waals surface area contributed by atoms with Gasteiger partial charge in [0.25, 0.3) is 6.29 Å². The number of hydrogen-bond acceptors (Lipinski definition) is 7. The summed E-state index contributed by atoms with van der Waals surface area (Å²) in [6, 6.07) is 0. The fourth-order valence-corrected chi connectivity index (χ4v) is 7.89. The van der Waals surface area contributed by atoms with Crippen molar-refractivity contribution >= 4 is 17.9 Å². The quantitative estimate of drug-likeness (QED) is 0.0211. The number of rotatable bonds is 53. The van der Waals surface area contributed by atoms with E-state index in [2.05, 4.69) is 98.9 Å². The maximum atomic E-state index is 12.9. The highest BCUT2D eigenvalue weighted by molar-refractivity contribution is 5.71. The Kier molecular flexibility index (Phi) is 51.1. The molecule has 0 bridgehead atoms. The molecule has 414 valence electrons. The van der Waals surface area contributed by atoms with Gasteiger partial charge in [0, 0.05) is 12.8 Å². The van der Waals surface area contributed by atoms with Crippen LogP contribution in [0.15, 0.2) is 85.1 Å². The second kappa shape index (κ2) is 53.8. The van der Waals surface area contributed by atoms with Gasteiger partial charge in [0.2, 0.25) is 0 Å². The summed E-state index contributed by atoms with van der Waals surface area (Å²) in [5.41, 5.74) is 0. The summed E-state index contributed by atoms with van der Waals surface area (Å²) in [6.45, 7) is 4.75. The molecule has 0 spiro atoms. The van der Waals surface area contributed by atoms with Crippen molar-refractivity contribution in [3.63, 3.8) is 0 Å². The number of carboxylic acids is 1. The smallest absolute Gasteiger partial charge is 0.361 e. The summed E-state index contributed by atoms with van der Waals surface area (Å²) in [5, 5.41) is 9.69. The SMILES string of the molecule is CC/C=C\C/C=C\C/C=C\C/C=C\C/C=C\C/C=C\CCCCCCCCCCCCCCCCC(=O)OC(COC(=O)CCCCCCC/C=C\CCCCCCC)COC(OCC[N+](C)(C)C)C(=O)O.